The van der Waals surface area contributed by atoms with Crippen molar-refractivity contribution in [2.24, 2.45) is 0 Å². The highest BCUT2D eigenvalue weighted by atomic mass is 32.1. The molecule has 90 valence electrons. The standard InChI is InChI=1S/C13H21NOS/c1-2-5-13(4-1)15-8-3-7-14-10-12-6-9-16-11-12/h6,9,11,13-14H,1-5,7-8,10H2. The second kappa shape index (κ2) is 7.05. The van der Waals surface area contributed by atoms with Gasteiger partial charge in [-0.15, -0.1) is 0 Å². The highest BCUT2D eigenvalue weighted by Gasteiger charge is 2.14. The predicted molar refractivity (Wildman–Crippen MR) is 68.9 cm³/mol. The summed E-state index contributed by atoms with van der Waals surface area (Å²) in [5, 5.41) is 7.76. The van der Waals surface area contributed by atoms with Gasteiger partial charge in [-0.05, 0) is 48.2 Å². The summed E-state index contributed by atoms with van der Waals surface area (Å²) in [5.74, 6) is 0. The monoisotopic (exact) mass is 239 g/mol. The molecule has 0 spiro atoms. The van der Waals surface area contributed by atoms with Crippen LogP contribution in [-0.2, 0) is 11.3 Å². The lowest BCUT2D eigenvalue weighted by atomic mass is 10.3. The molecule has 1 aromatic rings. The molecular weight excluding hydrogens is 218 g/mol. The van der Waals surface area contributed by atoms with Crippen molar-refractivity contribution in [1.82, 2.24) is 5.32 Å². The Morgan fingerprint density at radius 3 is 3.00 bits per heavy atom. The van der Waals surface area contributed by atoms with Gasteiger partial charge < -0.3 is 10.1 Å². The van der Waals surface area contributed by atoms with Crippen molar-refractivity contribution >= 4 is 11.3 Å². The van der Waals surface area contributed by atoms with Gasteiger partial charge in [0.25, 0.3) is 0 Å². The molecule has 2 nitrogen and oxygen atoms in total. The number of thiophene rings is 1. The van der Waals surface area contributed by atoms with Crippen molar-refractivity contribution in [3.63, 3.8) is 0 Å². The fraction of sp³-hybridized carbons (Fsp3) is 0.692. The first-order valence-corrected chi connectivity index (χ1v) is 7.23. The lowest BCUT2D eigenvalue weighted by molar-refractivity contribution is 0.0568. The van der Waals surface area contributed by atoms with E-state index in [-0.39, 0.29) is 0 Å². The smallest absolute Gasteiger partial charge is 0.0575 e. The summed E-state index contributed by atoms with van der Waals surface area (Å²) in [7, 11) is 0. The first-order valence-electron chi connectivity index (χ1n) is 6.28. The molecule has 1 aliphatic carbocycles. The minimum absolute atomic E-state index is 0.567. The Bertz CT molecular complexity index is 267. The van der Waals surface area contributed by atoms with Crippen molar-refractivity contribution in [3.8, 4) is 0 Å². The molecule has 16 heavy (non-hydrogen) atoms. The van der Waals surface area contributed by atoms with Crippen LogP contribution in [0.2, 0.25) is 0 Å². The molecule has 0 atom stereocenters. The van der Waals surface area contributed by atoms with Crippen molar-refractivity contribution < 1.29 is 4.74 Å². The zero-order valence-corrected chi connectivity index (χ0v) is 10.6. The molecule has 0 amide bonds. The summed E-state index contributed by atoms with van der Waals surface area (Å²) in [5.41, 5.74) is 1.39. The van der Waals surface area contributed by atoms with Gasteiger partial charge in [-0.25, -0.2) is 0 Å². The second-order valence-electron chi connectivity index (χ2n) is 4.44. The molecule has 2 rings (SSSR count). The van der Waals surface area contributed by atoms with Crippen LogP contribution in [0.5, 0.6) is 0 Å². The first-order chi connectivity index (χ1) is 7.95. The fourth-order valence-electron chi connectivity index (χ4n) is 2.13. The fourth-order valence-corrected chi connectivity index (χ4v) is 2.80. The van der Waals surface area contributed by atoms with E-state index in [9.17, 15) is 0 Å². The Kier molecular flexibility index (Phi) is 5.32. The van der Waals surface area contributed by atoms with Crippen LogP contribution < -0.4 is 5.32 Å². The Morgan fingerprint density at radius 1 is 1.38 bits per heavy atom. The minimum atomic E-state index is 0.567. The minimum Gasteiger partial charge on any atom is -0.378 e. The summed E-state index contributed by atoms with van der Waals surface area (Å²) in [4.78, 5) is 0. The molecule has 1 aliphatic rings. The highest BCUT2D eigenvalue weighted by Crippen LogP contribution is 2.20. The van der Waals surface area contributed by atoms with Crippen LogP contribution in [0.15, 0.2) is 16.8 Å². The van der Waals surface area contributed by atoms with Crippen LogP contribution in [0.3, 0.4) is 0 Å². The van der Waals surface area contributed by atoms with Gasteiger partial charge in [-0.1, -0.05) is 12.8 Å². The van der Waals surface area contributed by atoms with Gasteiger partial charge in [0, 0.05) is 13.2 Å². The Morgan fingerprint density at radius 2 is 2.25 bits per heavy atom. The lowest BCUT2D eigenvalue weighted by Crippen LogP contribution is -2.17. The van der Waals surface area contributed by atoms with Gasteiger partial charge >= 0.3 is 0 Å². The summed E-state index contributed by atoms with van der Waals surface area (Å²) in [6.07, 6.45) is 6.98. The van der Waals surface area contributed by atoms with E-state index in [2.05, 4.69) is 22.1 Å². The molecule has 3 heteroatoms. The van der Waals surface area contributed by atoms with Crippen molar-refractivity contribution in [1.29, 1.82) is 0 Å². The number of ether oxygens (including phenoxy) is 1. The van der Waals surface area contributed by atoms with Crippen LogP contribution in [0.1, 0.15) is 37.7 Å². The molecular formula is C13H21NOS. The zero-order chi connectivity index (χ0) is 11.1. The van der Waals surface area contributed by atoms with Crippen LogP contribution in [-0.4, -0.2) is 19.3 Å². The maximum Gasteiger partial charge on any atom is 0.0575 e. The molecule has 1 N–H and O–H groups in total. The maximum atomic E-state index is 5.80. The molecule has 0 saturated heterocycles. The summed E-state index contributed by atoms with van der Waals surface area (Å²) >= 11 is 1.76. The Hall–Kier alpha value is -0.380. The Labute approximate surface area is 102 Å². The molecule has 1 heterocycles. The molecule has 1 saturated carbocycles. The van der Waals surface area contributed by atoms with Gasteiger partial charge in [0.05, 0.1) is 6.10 Å². The van der Waals surface area contributed by atoms with E-state index in [0.717, 1.165) is 26.1 Å². The molecule has 0 radical (unpaired) electrons. The average Bonchev–Trinajstić information content (AvgIpc) is 2.96. The van der Waals surface area contributed by atoms with E-state index in [0.29, 0.717) is 6.10 Å². The summed E-state index contributed by atoms with van der Waals surface area (Å²) in [6, 6.07) is 2.17. The highest BCUT2D eigenvalue weighted by molar-refractivity contribution is 7.07. The molecule has 0 bridgehead atoms. The predicted octanol–water partition coefficient (Wildman–Crippen LogP) is 3.19. The molecule has 0 unspecified atom stereocenters. The first kappa shape index (κ1) is 12.1. The van der Waals surface area contributed by atoms with Gasteiger partial charge in [-0.3, -0.25) is 0 Å². The van der Waals surface area contributed by atoms with Gasteiger partial charge in [0.2, 0.25) is 0 Å². The zero-order valence-electron chi connectivity index (χ0n) is 9.78. The summed E-state index contributed by atoms with van der Waals surface area (Å²) in [6.45, 7) is 2.97. The van der Waals surface area contributed by atoms with Crippen LogP contribution in [0.4, 0.5) is 0 Å². The number of nitrogens with one attached hydrogen (secondary N) is 1. The quantitative estimate of drug-likeness (QED) is 0.738. The third-order valence-corrected chi connectivity index (χ3v) is 3.79. The largest absolute Gasteiger partial charge is 0.378 e. The van der Waals surface area contributed by atoms with Gasteiger partial charge in [0.15, 0.2) is 0 Å². The SMILES string of the molecule is c1cc(CNCCCOC2CCCC2)cs1. The van der Waals surface area contributed by atoms with E-state index in [4.69, 9.17) is 4.74 Å². The van der Waals surface area contributed by atoms with Crippen molar-refractivity contribution in [2.45, 2.75) is 44.8 Å². The van der Waals surface area contributed by atoms with E-state index >= 15 is 0 Å². The number of rotatable bonds is 7. The second-order valence-corrected chi connectivity index (χ2v) is 5.22. The normalized spacial score (nSPS) is 17.0. The van der Waals surface area contributed by atoms with Gasteiger partial charge in [0.1, 0.15) is 0 Å². The van der Waals surface area contributed by atoms with E-state index in [1.165, 1.54) is 31.2 Å². The maximum absolute atomic E-state index is 5.80. The van der Waals surface area contributed by atoms with Gasteiger partial charge in [-0.2, -0.15) is 11.3 Å². The molecule has 1 aromatic heterocycles. The molecule has 0 aromatic carbocycles. The van der Waals surface area contributed by atoms with Crippen LogP contribution in [0, 0.1) is 0 Å². The number of hydrogen-bond donors (Lipinski definition) is 1. The number of hydrogen-bond acceptors (Lipinski definition) is 3. The van der Waals surface area contributed by atoms with E-state index < -0.39 is 0 Å². The Balaban J connectivity index is 1.43. The average molecular weight is 239 g/mol. The third-order valence-electron chi connectivity index (χ3n) is 3.06. The van der Waals surface area contributed by atoms with Crippen LogP contribution in [0.25, 0.3) is 0 Å². The lowest BCUT2D eigenvalue weighted by Gasteiger charge is -2.10. The van der Waals surface area contributed by atoms with Crippen molar-refractivity contribution in [3.05, 3.63) is 22.4 Å². The van der Waals surface area contributed by atoms with E-state index in [1.807, 2.05) is 0 Å². The molecule has 0 aliphatic heterocycles. The summed E-state index contributed by atoms with van der Waals surface area (Å²) < 4.78 is 5.80. The van der Waals surface area contributed by atoms with E-state index in [1.54, 1.807) is 11.3 Å². The molecule has 1 fully saturated rings. The third kappa shape index (κ3) is 4.24. The van der Waals surface area contributed by atoms with Crippen molar-refractivity contribution in [2.75, 3.05) is 13.2 Å². The van der Waals surface area contributed by atoms with Crippen LogP contribution >= 0.6 is 11.3 Å². The topological polar surface area (TPSA) is 21.3 Å².